The molecule has 1 aliphatic rings. The molecule has 0 aromatic rings. The van der Waals surface area contributed by atoms with E-state index in [9.17, 15) is 0 Å². The van der Waals surface area contributed by atoms with Crippen molar-refractivity contribution in [3.05, 3.63) is 0 Å². The van der Waals surface area contributed by atoms with Crippen LogP contribution in [0.2, 0.25) is 0 Å². The Labute approximate surface area is 158 Å². The molecule has 132 valence electrons. The summed E-state index contributed by atoms with van der Waals surface area (Å²) in [5.74, 6) is 1.65. The first-order chi connectivity index (χ1) is 10.2. The van der Waals surface area contributed by atoms with Crippen molar-refractivity contribution in [1.82, 2.24) is 10.6 Å². The lowest BCUT2D eigenvalue weighted by atomic mass is 10.1. The normalized spacial score (nSPS) is 21.8. The molecule has 6 heteroatoms. The molecule has 1 aliphatic carbocycles. The molecule has 0 bridgehead atoms. The number of hydrogen-bond donors (Lipinski definition) is 2. The lowest BCUT2D eigenvalue weighted by Gasteiger charge is -2.17. The molecule has 0 aromatic carbocycles. The Morgan fingerprint density at radius 2 is 2.09 bits per heavy atom. The van der Waals surface area contributed by atoms with Crippen LogP contribution in [0.3, 0.4) is 0 Å². The summed E-state index contributed by atoms with van der Waals surface area (Å²) in [4.78, 5) is 4.61. The number of nitrogens with one attached hydrogen (secondary N) is 2. The van der Waals surface area contributed by atoms with E-state index < -0.39 is 0 Å². The number of nitrogens with zero attached hydrogens (tertiary/aromatic N) is 1. The predicted molar refractivity (Wildman–Crippen MR) is 110 cm³/mol. The van der Waals surface area contributed by atoms with Crippen molar-refractivity contribution in [3.63, 3.8) is 0 Å². The number of aliphatic imine (C=N–C) groups is 1. The van der Waals surface area contributed by atoms with E-state index in [1.807, 2.05) is 11.8 Å². The second-order valence-electron chi connectivity index (χ2n) is 6.07. The Morgan fingerprint density at radius 1 is 1.32 bits per heavy atom. The molecule has 4 nitrogen and oxygen atoms in total. The molecule has 1 saturated carbocycles. The minimum Gasteiger partial charge on any atom is -0.380 e. The van der Waals surface area contributed by atoms with Crippen LogP contribution < -0.4 is 10.6 Å². The van der Waals surface area contributed by atoms with E-state index >= 15 is 0 Å². The zero-order valence-corrected chi connectivity index (χ0v) is 17.7. The maximum Gasteiger partial charge on any atom is 0.191 e. The minimum atomic E-state index is 0. The summed E-state index contributed by atoms with van der Waals surface area (Å²) in [6.45, 7) is 9.73. The highest BCUT2D eigenvalue weighted by molar-refractivity contribution is 14.0. The average molecular weight is 443 g/mol. The summed E-state index contributed by atoms with van der Waals surface area (Å²) in [5, 5.41) is 7.70. The van der Waals surface area contributed by atoms with Crippen LogP contribution >= 0.6 is 35.7 Å². The molecule has 0 saturated heterocycles. The molecule has 2 unspecified atom stereocenters. The second kappa shape index (κ2) is 13.7. The van der Waals surface area contributed by atoms with Gasteiger partial charge in [-0.1, -0.05) is 13.8 Å². The minimum absolute atomic E-state index is 0. The van der Waals surface area contributed by atoms with Crippen molar-refractivity contribution in [3.8, 4) is 0 Å². The van der Waals surface area contributed by atoms with Crippen molar-refractivity contribution in [2.24, 2.45) is 10.9 Å². The largest absolute Gasteiger partial charge is 0.380 e. The van der Waals surface area contributed by atoms with Crippen LogP contribution in [-0.2, 0) is 4.74 Å². The molecule has 0 aliphatic heterocycles. The summed E-state index contributed by atoms with van der Waals surface area (Å²) in [6.07, 6.45) is 7.15. The summed E-state index contributed by atoms with van der Waals surface area (Å²) in [6, 6.07) is 0.571. The van der Waals surface area contributed by atoms with E-state index in [0.29, 0.717) is 18.6 Å². The Bertz CT molecular complexity index is 303. The summed E-state index contributed by atoms with van der Waals surface area (Å²) >= 11 is 1.99. The molecule has 2 N–H and O–H groups in total. The van der Waals surface area contributed by atoms with Crippen LogP contribution in [0.15, 0.2) is 4.99 Å². The first-order valence-electron chi connectivity index (χ1n) is 8.31. The van der Waals surface area contributed by atoms with Gasteiger partial charge in [-0.25, -0.2) is 0 Å². The highest BCUT2D eigenvalue weighted by atomic mass is 127. The van der Waals surface area contributed by atoms with E-state index in [1.165, 1.54) is 19.3 Å². The number of thioether (sulfide) groups is 1. The number of hydrogen-bond acceptors (Lipinski definition) is 3. The van der Waals surface area contributed by atoms with Crippen LogP contribution in [0.1, 0.15) is 46.5 Å². The van der Waals surface area contributed by atoms with Gasteiger partial charge in [0.1, 0.15) is 0 Å². The average Bonchev–Trinajstić information content (AvgIpc) is 2.90. The Hall–Kier alpha value is 0.310. The molecule has 0 aromatic heterocycles. The first kappa shape index (κ1) is 22.3. The van der Waals surface area contributed by atoms with Gasteiger partial charge < -0.3 is 15.4 Å². The van der Waals surface area contributed by atoms with Crippen molar-refractivity contribution in [2.45, 2.75) is 57.7 Å². The molecular formula is C16H34IN3OS. The van der Waals surface area contributed by atoms with E-state index in [1.54, 1.807) is 0 Å². The van der Waals surface area contributed by atoms with Crippen molar-refractivity contribution in [2.75, 3.05) is 32.6 Å². The maximum absolute atomic E-state index is 5.61. The van der Waals surface area contributed by atoms with Crippen molar-refractivity contribution < 1.29 is 4.74 Å². The van der Waals surface area contributed by atoms with Crippen molar-refractivity contribution >= 4 is 41.7 Å². The molecule has 0 amide bonds. The van der Waals surface area contributed by atoms with Gasteiger partial charge in [-0.05, 0) is 44.8 Å². The van der Waals surface area contributed by atoms with Gasteiger partial charge in [0.15, 0.2) is 5.96 Å². The van der Waals surface area contributed by atoms with E-state index in [0.717, 1.165) is 37.3 Å². The van der Waals surface area contributed by atoms with E-state index in [2.05, 4.69) is 42.7 Å². The van der Waals surface area contributed by atoms with Gasteiger partial charge >= 0.3 is 0 Å². The molecule has 2 atom stereocenters. The third-order valence-electron chi connectivity index (χ3n) is 3.75. The Balaban J connectivity index is 0.00000441. The third-order valence-corrected chi connectivity index (χ3v) is 4.84. The summed E-state index contributed by atoms with van der Waals surface area (Å²) in [7, 11) is 0. The van der Waals surface area contributed by atoms with Crippen LogP contribution in [0.5, 0.6) is 0 Å². The molecule has 0 radical (unpaired) electrons. The molecule has 1 rings (SSSR count). The highest BCUT2D eigenvalue weighted by Gasteiger charge is 2.24. The number of guanidine groups is 1. The maximum atomic E-state index is 5.61. The van der Waals surface area contributed by atoms with Gasteiger partial charge in [0, 0.05) is 24.4 Å². The van der Waals surface area contributed by atoms with Crippen LogP contribution in [-0.4, -0.2) is 49.8 Å². The topological polar surface area (TPSA) is 45.7 Å². The fourth-order valence-electron chi connectivity index (χ4n) is 2.44. The number of halogens is 1. The quantitative estimate of drug-likeness (QED) is 0.248. The molecular weight excluding hydrogens is 409 g/mol. The van der Waals surface area contributed by atoms with E-state index in [-0.39, 0.29) is 24.0 Å². The lowest BCUT2D eigenvalue weighted by molar-refractivity contribution is 0.130. The molecule has 22 heavy (non-hydrogen) atoms. The molecule has 1 fully saturated rings. The highest BCUT2D eigenvalue weighted by Crippen LogP contribution is 2.27. The first-order valence-corrected chi connectivity index (χ1v) is 9.59. The monoisotopic (exact) mass is 443 g/mol. The van der Waals surface area contributed by atoms with Crippen LogP contribution in [0.4, 0.5) is 0 Å². The third kappa shape index (κ3) is 10.2. The summed E-state index contributed by atoms with van der Waals surface area (Å²) < 4.78 is 5.61. The Kier molecular flexibility index (Phi) is 13.9. The van der Waals surface area contributed by atoms with Gasteiger partial charge in [-0.15, -0.1) is 24.0 Å². The predicted octanol–water partition coefficient (Wildman–Crippen LogP) is 3.51. The Morgan fingerprint density at radius 3 is 2.68 bits per heavy atom. The van der Waals surface area contributed by atoms with E-state index in [4.69, 9.17) is 4.74 Å². The second-order valence-corrected chi connectivity index (χ2v) is 7.21. The summed E-state index contributed by atoms with van der Waals surface area (Å²) in [5.41, 5.74) is 0. The van der Waals surface area contributed by atoms with Crippen LogP contribution in [0.25, 0.3) is 0 Å². The van der Waals surface area contributed by atoms with Crippen molar-refractivity contribution in [1.29, 1.82) is 0 Å². The fraction of sp³-hybridized carbons (Fsp3) is 0.938. The lowest BCUT2D eigenvalue weighted by Crippen LogP contribution is -2.42. The zero-order valence-electron chi connectivity index (χ0n) is 14.6. The smallest absolute Gasteiger partial charge is 0.191 e. The number of rotatable bonds is 9. The molecule has 0 heterocycles. The standard InChI is InChI=1S/C16H33N3OS.HI/c1-5-17-16(18-9-11-20-10-8-13(2)3)19-14-6-7-15(12-14)21-4;/h13-15H,5-12H2,1-4H3,(H2,17,18,19);1H. The van der Waals surface area contributed by atoms with Gasteiger partial charge in [0.25, 0.3) is 0 Å². The van der Waals surface area contributed by atoms with Gasteiger partial charge in [-0.3, -0.25) is 4.99 Å². The van der Waals surface area contributed by atoms with Gasteiger partial charge in [0.2, 0.25) is 0 Å². The molecule has 0 spiro atoms. The number of ether oxygens (including phenoxy) is 1. The van der Waals surface area contributed by atoms with Gasteiger partial charge in [0.05, 0.1) is 13.2 Å². The van der Waals surface area contributed by atoms with Gasteiger partial charge in [-0.2, -0.15) is 11.8 Å². The SMILES string of the molecule is CCNC(=NCCOCCC(C)C)NC1CCC(SC)C1.I. The fourth-order valence-corrected chi connectivity index (χ4v) is 3.24. The van der Waals surface area contributed by atoms with Crippen LogP contribution in [0, 0.1) is 5.92 Å². The zero-order chi connectivity index (χ0) is 15.5.